The fourth-order valence-corrected chi connectivity index (χ4v) is 4.48. The van der Waals surface area contributed by atoms with E-state index < -0.39 is 0 Å². The lowest BCUT2D eigenvalue weighted by atomic mass is 10.1. The number of nitrogens with one attached hydrogen (secondary N) is 2. The summed E-state index contributed by atoms with van der Waals surface area (Å²) in [6.45, 7) is 1.89. The minimum atomic E-state index is -0.101. The Morgan fingerprint density at radius 1 is 1.14 bits per heavy atom. The molecule has 140 valence electrons. The Morgan fingerprint density at radius 2 is 1.89 bits per heavy atom. The monoisotopic (exact) mass is 429 g/mol. The van der Waals surface area contributed by atoms with Gasteiger partial charge in [-0.05, 0) is 25.1 Å². The summed E-state index contributed by atoms with van der Waals surface area (Å²) in [6.07, 6.45) is 3.16. The Kier molecular flexibility index (Phi) is 4.84. The number of halogens is 2. The van der Waals surface area contributed by atoms with Crippen LogP contribution in [0.5, 0.6) is 0 Å². The van der Waals surface area contributed by atoms with Crippen LogP contribution in [0.25, 0.3) is 20.8 Å². The molecular formula is C18H13Cl2N7S. The number of hydrogen-bond acceptors (Lipinski definition) is 7. The van der Waals surface area contributed by atoms with Crippen molar-refractivity contribution >= 4 is 62.2 Å². The van der Waals surface area contributed by atoms with Gasteiger partial charge in [0.2, 0.25) is 0 Å². The molecular weight excluding hydrogens is 417 g/mol. The average Bonchev–Trinajstić information content (AvgIpc) is 3.06. The standard InChI is InChI=1S/C18H13Cl2N7S/c1-8-4-13(25-7-24-8)27-17-15-12(2-3-23-17)26-18(28-15)14-10(19)5-9(16(21)22)6-11(14)20/h2-7H,1H3,(H3,21,22)(H,23,24,25,27). The van der Waals surface area contributed by atoms with Crippen molar-refractivity contribution in [3.05, 3.63) is 58.1 Å². The van der Waals surface area contributed by atoms with E-state index in [1.165, 1.54) is 17.7 Å². The van der Waals surface area contributed by atoms with Crippen molar-refractivity contribution in [3.8, 4) is 10.6 Å². The molecule has 0 saturated heterocycles. The third kappa shape index (κ3) is 3.49. The molecule has 0 aliphatic rings. The largest absolute Gasteiger partial charge is 0.384 e. The van der Waals surface area contributed by atoms with Crippen molar-refractivity contribution in [1.29, 1.82) is 5.41 Å². The number of thiazole rings is 1. The molecule has 7 nitrogen and oxygen atoms in total. The van der Waals surface area contributed by atoms with Crippen LogP contribution in [0.4, 0.5) is 11.6 Å². The topological polar surface area (TPSA) is 113 Å². The number of amidine groups is 1. The number of anilines is 2. The maximum atomic E-state index is 7.56. The highest BCUT2D eigenvalue weighted by atomic mass is 35.5. The summed E-state index contributed by atoms with van der Waals surface area (Å²) in [5, 5.41) is 12.2. The van der Waals surface area contributed by atoms with Gasteiger partial charge >= 0.3 is 0 Å². The summed E-state index contributed by atoms with van der Waals surface area (Å²) in [5.41, 5.74) is 8.19. The molecule has 4 rings (SSSR count). The Labute approximate surface area is 174 Å². The summed E-state index contributed by atoms with van der Waals surface area (Å²) < 4.78 is 0.844. The van der Waals surface area contributed by atoms with Crippen LogP contribution in [0.15, 0.2) is 36.8 Å². The van der Waals surface area contributed by atoms with Crippen molar-refractivity contribution in [1.82, 2.24) is 19.9 Å². The van der Waals surface area contributed by atoms with E-state index in [-0.39, 0.29) is 5.84 Å². The van der Waals surface area contributed by atoms with Gasteiger partial charge in [-0.25, -0.2) is 19.9 Å². The van der Waals surface area contributed by atoms with Gasteiger partial charge in [0.15, 0.2) is 5.82 Å². The second-order valence-electron chi connectivity index (χ2n) is 5.93. The fourth-order valence-electron chi connectivity index (χ4n) is 2.63. The molecule has 0 unspecified atom stereocenters. The van der Waals surface area contributed by atoms with Gasteiger partial charge in [-0.2, -0.15) is 0 Å². The molecule has 4 N–H and O–H groups in total. The van der Waals surface area contributed by atoms with Crippen LogP contribution >= 0.6 is 34.5 Å². The van der Waals surface area contributed by atoms with Crippen molar-refractivity contribution in [2.24, 2.45) is 5.73 Å². The molecule has 0 fully saturated rings. The number of aromatic nitrogens is 4. The second kappa shape index (κ2) is 7.31. The number of nitrogens with two attached hydrogens (primary N) is 1. The van der Waals surface area contributed by atoms with Crippen LogP contribution in [0.1, 0.15) is 11.3 Å². The Hall–Kier alpha value is -2.81. The molecule has 0 aliphatic heterocycles. The lowest BCUT2D eigenvalue weighted by Gasteiger charge is -2.07. The summed E-state index contributed by atoms with van der Waals surface area (Å²) in [4.78, 5) is 17.4. The van der Waals surface area contributed by atoms with E-state index in [0.29, 0.717) is 37.8 Å². The molecule has 1 aromatic carbocycles. The van der Waals surface area contributed by atoms with E-state index in [9.17, 15) is 0 Å². The molecule has 28 heavy (non-hydrogen) atoms. The maximum absolute atomic E-state index is 7.56. The van der Waals surface area contributed by atoms with Gasteiger partial charge in [0.1, 0.15) is 23.0 Å². The number of fused-ring (bicyclic) bond motifs is 1. The van der Waals surface area contributed by atoms with E-state index >= 15 is 0 Å². The second-order valence-corrected chi connectivity index (χ2v) is 7.74. The minimum Gasteiger partial charge on any atom is -0.384 e. The summed E-state index contributed by atoms with van der Waals surface area (Å²) >= 11 is 14.2. The van der Waals surface area contributed by atoms with Crippen LogP contribution in [-0.2, 0) is 0 Å². The Morgan fingerprint density at radius 3 is 2.57 bits per heavy atom. The smallest absolute Gasteiger partial charge is 0.151 e. The van der Waals surface area contributed by atoms with Gasteiger partial charge in [-0.3, -0.25) is 5.41 Å². The normalized spacial score (nSPS) is 11.0. The van der Waals surface area contributed by atoms with Crippen molar-refractivity contribution in [2.75, 3.05) is 5.32 Å². The van der Waals surface area contributed by atoms with E-state index in [4.69, 9.17) is 34.3 Å². The van der Waals surface area contributed by atoms with Gasteiger partial charge in [0, 0.05) is 29.1 Å². The zero-order chi connectivity index (χ0) is 19.8. The van der Waals surface area contributed by atoms with Crippen LogP contribution < -0.4 is 11.1 Å². The lowest BCUT2D eigenvalue weighted by molar-refractivity contribution is 1.10. The summed E-state index contributed by atoms with van der Waals surface area (Å²) in [5.74, 6) is 1.17. The van der Waals surface area contributed by atoms with Crippen LogP contribution in [0.2, 0.25) is 10.0 Å². The first kappa shape index (κ1) is 18.5. The highest BCUT2D eigenvalue weighted by Gasteiger charge is 2.17. The molecule has 3 aromatic heterocycles. The van der Waals surface area contributed by atoms with E-state index in [0.717, 1.165) is 15.9 Å². The SMILES string of the molecule is Cc1cc(Nc2nccc3nc(-c4c(Cl)cc(C(=N)N)cc4Cl)sc23)ncn1. The van der Waals surface area contributed by atoms with Crippen molar-refractivity contribution in [3.63, 3.8) is 0 Å². The van der Waals surface area contributed by atoms with Gasteiger partial charge < -0.3 is 11.1 Å². The zero-order valence-electron chi connectivity index (χ0n) is 14.5. The molecule has 0 amide bonds. The van der Waals surface area contributed by atoms with E-state index in [2.05, 4.69) is 25.3 Å². The van der Waals surface area contributed by atoms with Crippen LogP contribution in [0, 0.1) is 12.3 Å². The number of benzene rings is 1. The van der Waals surface area contributed by atoms with E-state index in [1.807, 2.05) is 19.1 Å². The number of hydrogen-bond donors (Lipinski definition) is 3. The Balaban J connectivity index is 1.80. The van der Waals surface area contributed by atoms with Crippen molar-refractivity contribution < 1.29 is 0 Å². The molecule has 3 heterocycles. The highest BCUT2D eigenvalue weighted by Crippen LogP contribution is 2.41. The zero-order valence-corrected chi connectivity index (χ0v) is 16.8. The number of pyridine rings is 1. The number of nitrogens with zero attached hydrogens (tertiary/aromatic N) is 4. The number of aryl methyl sites for hydroxylation is 1. The molecule has 0 aliphatic carbocycles. The molecule has 0 bridgehead atoms. The maximum Gasteiger partial charge on any atom is 0.151 e. The van der Waals surface area contributed by atoms with E-state index in [1.54, 1.807) is 18.3 Å². The molecule has 0 atom stereocenters. The number of rotatable bonds is 4. The third-order valence-electron chi connectivity index (χ3n) is 3.92. The predicted molar refractivity (Wildman–Crippen MR) is 114 cm³/mol. The molecule has 0 saturated carbocycles. The van der Waals surface area contributed by atoms with Crippen molar-refractivity contribution in [2.45, 2.75) is 6.92 Å². The molecule has 0 spiro atoms. The van der Waals surface area contributed by atoms with Gasteiger partial charge in [0.05, 0.1) is 20.3 Å². The highest BCUT2D eigenvalue weighted by molar-refractivity contribution is 7.22. The molecule has 0 radical (unpaired) electrons. The Bertz CT molecular complexity index is 1200. The quantitative estimate of drug-likeness (QED) is 0.317. The first-order valence-electron chi connectivity index (χ1n) is 8.07. The fraction of sp³-hybridized carbons (Fsp3) is 0.0556. The predicted octanol–water partition coefficient (Wildman–Crippen LogP) is 4.79. The van der Waals surface area contributed by atoms with Crippen LogP contribution in [0.3, 0.4) is 0 Å². The minimum absolute atomic E-state index is 0.101. The average molecular weight is 430 g/mol. The number of nitrogen functional groups attached to an aromatic ring is 1. The summed E-state index contributed by atoms with van der Waals surface area (Å²) in [7, 11) is 0. The lowest BCUT2D eigenvalue weighted by Crippen LogP contribution is -2.11. The van der Waals surface area contributed by atoms with Gasteiger partial charge in [0.25, 0.3) is 0 Å². The molecule has 10 heteroatoms. The third-order valence-corrected chi connectivity index (χ3v) is 5.61. The first-order valence-corrected chi connectivity index (χ1v) is 9.64. The van der Waals surface area contributed by atoms with Gasteiger partial charge in [-0.1, -0.05) is 23.2 Å². The summed E-state index contributed by atoms with van der Waals surface area (Å²) in [6, 6.07) is 6.87. The van der Waals surface area contributed by atoms with Gasteiger partial charge in [-0.15, -0.1) is 11.3 Å². The first-order chi connectivity index (χ1) is 13.4. The molecule has 4 aromatic rings. The van der Waals surface area contributed by atoms with Crippen LogP contribution in [-0.4, -0.2) is 25.8 Å².